The van der Waals surface area contributed by atoms with Crippen molar-refractivity contribution in [3.63, 3.8) is 0 Å². The number of thiol groups is 1. The zero-order valence-corrected chi connectivity index (χ0v) is 10.1. The molecule has 0 aliphatic heterocycles. The summed E-state index contributed by atoms with van der Waals surface area (Å²) >= 11 is 4.26. The van der Waals surface area contributed by atoms with Crippen LogP contribution >= 0.6 is 12.6 Å². The number of rotatable bonds is 2. The van der Waals surface area contributed by atoms with Gasteiger partial charge in [0, 0.05) is 29.4 Å². The summed E-state index contributed by atoms with van der Waals surface area (Å²) in [5.41, 5.74) is 2.04. The maximum atomic E-state index is 4.26. The van der Waals surface area contributed by atoms with E-state index in [4.69, 9.17) is 0 Å². The highest BCUT2D eigenvalue weighted by Gasteiger charge is 2.04. The first-order valence-electron chi connectivity index (χ1n) is 4.98. The van der Waals surface area contributed by atoms with Gasteiger partial charge in [-0.05, 0) is 31.2 Å². The van der Waals surface area contributed by atoms with Crippen LogP contribution in [0.4, 0.5) is 11.5 Å². The minimum absolute atomic E-state index is 0.888. The smallest absolute Gasteiger partial charge is 0.136 e. The summed E-state index contributed by atoms with van der Waals surface area (Å²) in [6.07, 6.45) is 1.58. The number of aryl methyl sites for hydroxylation is 1. The number of aromatic nitrogens is 2. The van der Waals surface area contributed by atoms with Crippen LogP contribution < -0.4 is 4.90 Å². The minimum Gasteiger partial charge on any atom is -0.329 e. The second-order valence-corrected chi connectivity index (χ2v) is 4.11. The third kappa shape index (κ3) is 2.33. The van der Waals surface area contributed by atoms with E-state index in [0.717, 1.165) is 22.1 Å². The summed E-state index contributed by atoms with van der Waals surface area (Å²) in [5, 5.41) is 0. The molecule has 0 atom stereocenters. The van der Waals surface area contributed by atoms with Gasteiger partial charge in [0.15, 0.2) is 0 Å². The molecule has 4 heteroatoms. The molecule has 1 heterocycles. The first-order chi connectivity index (χ1) is 7.66. The SMILES string of the molecule is Cc1cc(N(C)c2ccc(S)cc2)ncn1. The van der Waals surface area contributed by atoms with Crippen molar-refractivity contribution in [1.29, 1.82) is 0 Å². The normalized spacial score (nSPS) is 10.2. The van der Waals surface area contributed by atoms with Crippen LogP contribution in [0.2, 0.25) is 0 Å². The largest absolute Gasteiger partial charge is 0.329 e. The average molecular weight is 231 g/mol. The summed E-state index contributed by atoms with van der Waals surface area (Å²) in [6.45, 7) is 1.95. The molecule has 1 aromatic heterocycles. The predicted molar refractivity (Wildman–Crippen MR) is 68.5 cm³/mol. The molecule has 0 spiro atoms. The number of hydrogen-bond acceptors (Lipinski definition) is 4. The lowest BCUT2D eigenvalue weighted by atomic mass is 10.3. The van der Waals surface area contributed by atoms with Crippen molar-refractivity contribution in [2.75, 3.05) is 11.9 Å². The number of nitrogens with zero attached hydrogens (tertiary/aromatic N) is 3. The van der Waals surface area contributed by atoms with Crippen LogP contribution in [0.3, 0.4) is 0 Å². The van der Waals surface area contributed by atoms with Crippen LogP contribution in [0.25, 0.3) is 0 Å². The van der Waals surface area contributed by atoms with Crippen LogP contribution in [-0.4, -0.2) is 17.0 Å². The molecule has 0 radical (unpaired) electrons. The molecule has 0 aliphatic rings. The van der Waals surface area contributed by atoms with Crippen LogP contribution in [0, 0.1) is 6.92 Å². The number of anilines is 2. The van der Waals surface area contributed by atoms with E-state index < -0.39 is 0 Å². The lowest BCUT2D eigenvalue weighted by molar-refractivity contribution is 1.05. The van der Waals surface area contributed by atoms with Gasteiger partial charge in [-0.2, -0.15) is 0 Å². The van der Waals surface area contributed by atoms with Gasteiger partial charge in [0.1, 0.15) is 12.1 Å². The molecule has 82 valence electrons. The third-order valence-corrected chi connectivity index (χ3v) is 2.67. The fourth-order valence-corrected chi connectivity index (χ4v) is 1.58. The topological polar surface area (TPSA) is 29.0 Å². The van der Waals surface area contributed by atoms with Crippen LogP contribution in [0.5, 0.6) is 0 Å². The van der Waals surface area contributed by atoms with Gasteiger partial charge in [0.2, 0.25) is 0 Å². The van der Waals surface area contributed by atoms with Crippen LogP contribution in [0.15, 0.2) is 41.6 Å². The Labute approximate surface area is 101 Å². The molecule has 2 aromatic rings. The molecule has 0 saturated carbocycles. The van der Waals surface area contributed by atoms with E-state index in [2.05, 4.69) is 22.6 Å². The molecule has 0 aliphatic carbocycles. The Morgan fingerprint density at radius 3 is 2.44 bits per heavy atom. The third-order valence-electron chi connectivity index (χ3n) is 2.37. The second kappa shape index (κ2) is 4.53. The predicted octanol–water partition coefficient (Wildman–Crippen LogP) is 2.84. The van der Waals surface area contributed by atoms with E-state index in [9.17, 15) is 0 Å². The Morgan fingerprint density at radius 2 is 1.81 bits per heavy atom. The molecule has 16 heavy (non-hydrogen) atoms. The zero-order chi connectivity index (χ0) is 11.5. The Hall–Kier alpha value is -1.55. The quantitative estimate of drug-likeness (QED) is 0.806. The maximum absolute atomic E-state index is 4.26. The summed E-state index contributed by atoms with van der Waals surface area (Å²) < 4.78 is 0. The molecule has 2 rings (SSSR count). The van der Waals surface area contributed by atoms with Gasteiger partial charge < -0.3 is 4.90 Å². The molecular formula is C12H13N3S. The average Bonchev–Trinajstić information content (AvgIpc) is 2.29. The highest BCUT2D eigenvalue weighted by molar-refractivity contribution is 7.80. The Balaban J connectivity index is 2.31. The number of hydrogen-bond donors (Lipinski definition) is 1. The monoisotopic (exact) mass is 231 g/mol. The molecule has 0 saturated heterocycles. The summed E-state index contributed by atoms with van der Waals surface area (Å²) in [6, 6.07) is 9.90. The van der Waals surface area contributed by atoms with Gasteiger partial charge in [0.25, 0.3) is 0 Å². The van der Waals surface area contributed by atoms with E-state index in [1.807, 2.05) is 49.2 Å². The molecule has 1 aromatic carbocycles. The van der Waals surface area contributed by atoms with Crippen molar-refractivity contribution in [3.8, 4) is 0 Å². The molecular weight excluding hydrogens is 218 g/mol. The molecule has 3 nitrogen and oxygen atoms in total. The van der Waals surface area contributed by atoms with E-state index in [-0.39, 0.29) is 0 Å². The standard InChI is InChI=1S/C12H13N3S/c1-9-7-12(14-8-13-9)15(2)10-3-5-11(16)6-4-10/h3-8,16H,1-2H3. The Kier molecular flexibility index (Phi) is 3.10. The lowest BCUT2D eigenvalue weighted by Crippen LogP contribution is -2.11. The van der Waals surface area contributed by atoms with Gasteiger partial charge in [-0.3, -0.25) is 0 Å². The summed E-state index contributed by atoms with van der Waals surface area (Å²) in [5.74, 6) is 0.888. The van der Waals surface area contributed by atoms with Crippen molar-refractivity contribution < 1.29 is 0 Å². The second-order valence-electron chi connectivity index (χ2n) is 3.59. The molecule has 0 unspecified atom stereocenters. The van der Waals surface area contributed by atoms with Crippen LogP contribution in [-0.2, 0) is 0 Å². The van der Waals surface area contributed by atoms with Crippen molar-refractivity contribution in [2.45, 2.75) is 11.8 Å². The highest BCUT2D eigenvalue weighted by Crippen LogP contribution is 2.22. The van der Waals surface area contributed by atoms with Gasteiger partial charge in [0.05, 0.1) is 0 Å². The fourth-order valence-electron chi connectivity index (χ4n) is 1.43. The maximum Gasteiger partial charge on any atom is 0.136 e. The summed E-state index contributed by atoms with van der Waals surface area (Å²) in [7, 11) is 1.98. The van der Waals surface area contributed by atoms with Gasteiger partial charge >= 0.3 is 0 Å². The number of benzene rings is 1. The fraction of sp³-hybridized carbons (Fsp3) is 0.167. The van der Waals surface area contributed by atoms with Gasteiger partial charge in [-0.25, -0.2) is 9.97 Å². The van der Waals surface area contributed by atoms with E-state index in [1.165, 1.54) is 0 Å². The Bertz CT molecular complexity index is 482. The van der Waals surface area contributed by atoms with Gasteiger partial charge in [-0.1, -0.05) is 0 Å². The molecule has 0 N–H and O–H groups in total. The van der Waals surface area contributed by atoms with Crippen molar-refractivity contribution in [2.24, 2.45) is 0 Å². The minimum atomic E-state index is 0.888. The zero-order valence-electron chi connectivity index (χ0n) is 9.25. The first-order valence-corrected chi connectivity index (χ1v) is 5.43. The first kappa shape index (κ1) is 11.0. The lowest BCUT2D eigenvalue weighted by Gasteiger charge is -2.18. The molecule has 0 fully saturated rings. The van der Waals surface area contributed by atoms with Gasteiger partial charge in [-0.15, -0.1) is 12.6 Å². The van der Waals surface area contributed by atoms with E-state index in [1.54, 1.807) is 6.33 Å². The van der Waals surface area contributed by atoms with Crippen LogP contribution in [0.1, 0.15) is 5.69 Å². The Morgan fingerprint density at radius 1 is 1.12 bits per heavy atom. The van der Waals surface area contributed by atoms with Crippen molar-refractivity contribution in [1.82, 2.24) is 9.97 Å². The van der Waals surface area contributed by atoms with E-state index >= 15 is 0 Å². The van der Waals surface area contributed by atoms with E-state index in [0.29, 0.717) is 0 Å². The van der Waals surface area contributed by atoms with Crippen molar-refractivity contribution >= 4 is 24.1 Å². The summed E-state index contributed by atoms with van der Waals surface area (Å²) in [4.78, 5) is 11.3. The molecule has 0 bridgehead atoms. The van der Waals surface area contributed by atoms with Crippen molar-refractivity contribution in [3.05, 3.63) is 42.4 Å². The highest BCUT2D eigenvalue weighted by atomic mass is 32.1. The molecule has 0 amide bonds.